The van der Waals surface area contributed by atoms with Crippen LogP contribution < -0.4 is 15.4 Å². The molecule has 1 saturated heterocycles. The van der Waals surface area contributed by atoms with E-state index in [0.29, 0.717) is 10.8 Å². The van der Waals surface area contributed by atoms with E-state index < -0.39 is 35.6 Å². The summed E-state index contributed by atoms with van der Waals surface area (Å²) in [7, 11) is 0. The molecule has 10 heteroatoms. The molecule has 2 N–H and O–H groups in total. The Labute approximate surface area is 174 Å². The Morgan fingerprint density at radius 1 is 1.10 bits per heavy atom. The number of nitrogens with zero attached hydrogens (tertiary/aromatic N) is 1. The average Bonchev–Trinajstić information content (AvgIpc) is 3.15. The van der Waals surface area contributed by atoms with Gasteiger partial charge in [-0.15, -0.1) is 0 Å². The van der Waals surface area contributed by atoms with E-state index in [2.05, 4.69) is 10.6 Å². The van der Waals surface area contributed by atoms with Crippen molar-refractivity contribution in [1.82, 2.24) is 10.2 Å². The number of rotatable bonds is 5. The summed E-state index contributed by atoms with van der Waals surface area (Å²) < 4.78 is 5.36. The highest BCUT2D eigenvalue weighted by Crippen LogP contribution is 2.29. The van der Waals surface area contributed by atoms with Crippen LogP contribution in [0.5, 0.6) is 5.75 Å². The van der Waals surface area contributed by atoms with Crippen molar-refractivity contribution in [2.24, 2.45) is 0 Å². The minimum atomic E-state index is -1.17. The molecule has 2 aliphatic heterocycles. The number of benzene rings is 2. The van der Waals surface area contributed by atoms with Gasteiger partial charge in [-0.3, -0.25) is 34.2 Å². The zero-order chi connectivity index (χ0) is 21.4. The van der Waals surface area contributed by atoms with Crippen LogP contribution in [0.25, 0.3) is 0 Å². The van der Waals surface area contributed by atoms with Crippen LogP contribution in [-0.4, -0.2) is 47.1 Å². The third-order valence-electron chi connectivity index (χ3n) is 4.62. The summed E-state index contributed by atoms with van der Waals surface area (Å²) in [5.74, 6) is -2.66. The number of halogens is 1. The zero-order valence-corrected chi connectivity index (χ0v) is 16.1. The summed E-state index contributed by atoms with van der Waals surface area (Å²) >= 11 is 5.86. The average molecular weight is 428 g/mol. The normalized spacial score (nSPS) is 17.8. The first-order valence-corrected chi connectivity index (χ1v) is 9.25. The van der Waals surface area contributed by atoms with E-state index in [9.17, 15) is 24.0 Å². The van der Waals surface area contributed by atoms with Crippen molar-refractivity contribution in [3.05, 3.63) is 58.6 Å². The maximum atomic E-state index is 12.7. The lowest BCUT2D eigenvalue weighted by atomic mass is 10.1. The quantitative estimate of drug-likeness (QED) is 0.695. The number of imide groups is 2. The Hall–Kier alpha value is -3.72. The summed E-state index contributed by atoms with van der Waals surface area (Å²) in [5.41, 5.74) is 0.421. The van der Waals surface area contributed by atoms with E-state index in [4.69, 9.17) is 16.3 Å². The van der Waals surface area contributed by atoms with Gasteiger partial charge in [0.05, 0.1) is 17.5 Å². The summed E-state index contributed by atoms with van der Waals surface area (Å²) in [6.07, 6.45) is -0.269. The van der Waals surface area contributed by atoms with E-state index in [1.807, 2.05) is 0 Å². The summed E-state index contributed by atoms with van der Waals surface area (Å²) in [5, 5.41) is 5.13. The van der Waals surface area contributed by atoms with E-state index in [-0.39, 0.29) is 29.8 Å². The van der Waals surface area contributed by atoms with E-state index in [0.717, 1.165) is 4.90 Å². The van der Waals surface area contributed by atoms with Crippen molar-refractivity contribution >= 4 is 46.8 Å². The molecule has 2 aromatic carbocycles. The smallest absolute Gasteiger partial charge is 0.262 e. The molecule has 1 fully saturated rings. The molecule has 0 aromatic heterocycles. The highest BCUT2D eigenvalue weighted by Gasteiger charge is 2.46. The SMILES string of the molecule is O=C1CC(N2C(=O)c3ccc(NC(=O)COc4cccc(Cl)c4)cc3C2=O)C(=O)N1. The fourth-order valence-electron chi connectivity index (χ4n) is 3.27. The van der Waals surface area contributed by atoms with Gasteiger partial charge >= 0.3 is 0 Å². The van der Waals surface area contributed by atoms with Crippen molar-refractivity contribution < 1.29 is 28.7 Å². The lowest BCUT2D eigenvalue weighted by Crippen LogP contribution is -2.44. The van der Waals surface area contributed by atoms with E-state index in [1.165, 1.54) is 18.2 Å². The summed E-state index contributed by atoms with van der Waals surface area (Å²) in [6, 6.07) is 9.59. The standard InChI is InChI=1S/C20H14ClN3O6/c21-10-2-1-3-12(6-10)30-9-17(26)22-11-4-5-13-14(7-11)20(29)24(19(13)28)15-8-16(25)23-18(15)27/h1-7,15H,8-9H2,(H,22,26)(H,23,25,27). The zero-order valence-electron chi connectivity index (χ0n) is 15.3. The molecule has 2 aliphatic rings. The Morgan fingerprint density at radius 3 is 2.57 bits per heavy atom. The van der Waals surface area contributed by atoms with Crippen LogP contribution >= 0.6 is 11.6 Å². The fraction of sp³-hybridized carbons (Fsp3) is 0.150. The molecule has 9 nitrogen and oxygen atoms in total. The van der Waals surface area contributed by atoms with Crippen LogP contribution in [0.15, 0.2) is 42.5 Å². The molecule has 0 bridgehead atoms. The number of anilines is 1. The minimum Gasteiger partial charge on any atom is -0.484 e. The molecule has 5 amide bonds. The lowest BCUT2D eigenvalue weighted by molar-refractivity contribution is -0.126. The number of carbonyl (C=O) groups is 5. The van der Waals surface area contributed by atoms with Gasteiger partial charge in [0.1, 0.15) is 11.8 Å². The number of fused-ring (bicyclic) bond motifs is 1. The number of amides is 5. The molecule has 0 radical (unpaired) electrons. The van der Waals surface area contributed by atoms with E-state index >= 15 is 0 Å². The predicted octanol–water partition coefficient (Wildman–Crippen LogP) is 1.37. The van der Waals surface area contributed by atoms with Gasteiger partial charge < -0.3 is 10.1 Å². The first kappa shape index (κ1) is 19.6. The van der Waals surface area contributed by atoms with Crippen molar-refractivity contribution in [2.75, 3.05) is 11.9 Å². The first-order chi connectivity index (χ1) is 14.3. The van der Waals surface area contributed by atoms with Crippen LogP contribution in [0.2, 0.25) is 5.02 Å². The van der Waals surface area contributed by atoms with Crippen molar-refractivity contribution in [3.63, 3.8) is 0 Å². The van der Waals surface area contributed by atoms with Crippen LogP contribution in [0, 0.1) is 0 Å². The molecule has 0 aliphatic carbocycles. The Kier molecular flexibility index (Phi) is 4.96. The molecule has 0 spiro atoms. The van der Waals surface area contributed by atoms with Gasteiger partial charge in [-0.1, -0.05) is 17.7 Å². The monoisotopic (exact) mass is 427 g/mol. The van der Waals surface area contributed by atoms with Crippen LogP contribution in [0.3, 0.4) is 0 Å². The maximum Gasteiger partial charge on any atom is 0.262 e. The first-order valence-electron chi connectivity index (χ1n) is 8.87. The Bertz CT molecular complexity index is 1120. The Morgan fingerprint density at radius 2 is 1.87 bits per heavy atom. The van der Waals surface area contributed by atoms with E-state index in [1.54, 1.807) is 24.3 Å². The van der Waals surface area contributed by atoms with Crippen LogP contribution in [-0.2, 0) is 14.4 Å². The molecule has 2 aromatic rings. The van der Waals surface area contributed by atoms with Gasteiger partial charge in [-0.2, -0.15) is 0 Å². The van der Waals surface area contributed by atoms with Gasteiger partial charge in [-0.25, -0.2) is 0 Å². The highest BCUT2D eigenvalue weighted by atomic mass is 35.5. The topological polar surface area (TPSA) is 122 Å². The van der Waals surface area contributed by atoms with Gasteiger partial charge in [0.15, 0.2) is 6.61 Å². The van der Waals surface area contributed by atoms with Crippen molar-refractivity contribution in [2.45, 2.75) is 12.5 Å². The number of carbonyl (C=O) groups excluding carboxylic acids is 5. The summed E-state index contributed by atoms with van der Waals surface area (Å²) in [6.45, 7) is -0.291. The second-order valence-electron chi connectivity index (χ2n) is 6.67. The number of ether oxygens (including phenoxy) is 1. The maximum absolute atomic E-state index is 12.7. The highest BCUT2D eigenvalue weighted by molar-refractivity contribution is 6.30. The molecular formula is C20H14ClN3O6. The molecule has 2 heterocycles. The molecule has 0 saturated carbocycles. The minimum absolute atomic E-state index is 0.0423. The second kappa shape index (κ2) is 7.60. The number of nitrogens with one attached hydrogen (secondary N) is 2. The molecular weight excluding hydrogens is 414 g/mol. The summed E-state index contributed by atoms with van der Waals surface area (Å²) in [4.78, 5) is 61.5. The molecule has 1 unspecified atom stereocenters. The van der Waals surface area contributed by atoms with Crippen molar-refractivity contribution in [1.29, 1.82) is 0 Å². The van der Waals surface area contributed by atoms with Crippen molar-refractivity contribution in [3.8, 4) is 5.75 Å². The van der Waals surface area contributed by atoms with Gasteiger partial charge in [0.25, 0.3) is 17.7 Å². The number of hydrogen-bond donors (Lipinski definition) is 2. The molecule has 4 rings (SSSR count). The third kappa shape index (κ3) is 3.62. The number of hydrogen-bond acceptors (Lipinski definition) is 6. The van der Waals surface area contributed by atoms with Crippen LogP contribution in [0.4, 0.5) is 5.69 Å². The largest absolute Gasteiger partial charge is 0.484 e. The fourth-order valence-corrected chi connectivity index (χ4v) is 3.45. The predicted molar refractivity (Wildman–Crippen MR) is 104 cm³/mol. The second-order valence-corrected chi connectivity index (χ2v) is 7.10. The van der Waals surface area contributed by atoms with Crippen LogP contribution in [0.1, 0.15) is 27.1 Å². The van der Waals surface area contributed by atoms with Gasteiger partial charge in [0, 0.05) is 10.7 Å². The third-order valence-corrected chi connectivity index (χ3v) is 4.86. The Balaban J connectivity index is 1.45. The molecule has 30 heavy (non-hydrogen) atoms. The van der Waals surface area contributed by atoms with Gasteiger partial charge in [0.2, 0.25) is 11.8 Å². The molecule has 152 valence electrons. The lowest BCUT2D eigenvalue weighted by Gasteiger charge is -2.18. The molecule has 1 atom stereocenters. The van der Waals surface area contributed by atoms with Gasteiger partial charge in [-0.05, 0) is 36.4 Å².